The first-order valence-electron chi connectivity index (χ1n) is 9.28. The van der Waals surface area contributed by atoms with Crippen LogP contribution in [0.1, 0.15) is 10.4 Å². The van der Waals surface area contributed by atoms with Crippen molar-refractivity contribution in [2.24, 2.45) is 14.1 Å². The minimum absolute atomic E-state index is 0.0302. The predicted molar refractivity (Wildman–Crippen MR) is 109 cm³/mol. The molecule has 0 aliphatic carbocycles. The highest BCUT2D eigenvalue weighted by atomic mass is 16.5. The van der Waals surface area contributed by atoms with E-state index in [1.54, 1.807) is 35.0 Å². The zero-order chi connectivity index (χ0) is 22.0. The molecule has 4 aromatic heterocycles. The molecule has 0 radical (unpaired) electrons. The van der Waals surface area contributed by atoms with Gasteiger partial charge in [0.15, 0.2) is 11.2 Å². The molecule has 0 unspecified atom stereocenters. The Morgan fingerprint density at radius 2 is 1.87 bits per heavy atom. The zero-order valence-corrected chi connectivity index (χ0v) is 16.8. The van der Waals surface area contributed by atoms with E-state index in [2.05, 4.69) is 15.0 Å². The lowest BCUT2D eigenvalue weighted by Gasteiger charge is -2.10. The summed E-state index contributed by atoms with van der Waals surface area (Å²) in [6.45, 7) is 0.145. The van der Waals surface area contributed by atoms with Crippen LogP contribution in [0.3, 0.4) is 0 Å². The van der Waals surface area contributed by atoms with Crippen molar-refractivity contribution >= 4 is 17.1 Å². The van der Waals surface area contributed by atoms with Gasteiger partial charge in [0.2, 0.25) is 5.88 Å². The Kier molecular flexibility index (Phi) is 5.31. The number of hydrogen-bond acceptors (Lipinski definition) is 8. The van der Waals surface area contributed by atoms with Crippen LogP contribution in [0.5, 0.6) is 11.6 Å². The van der Waals surface area contributed by atoms with Gasteiger partial charge >= 0.3 is 11.7 Å². The second kappa shape index (κ2) is 8.22. The Balaban J connectivity index is 1.50. The van der Waals surface area contributed by atoms with E-state index in [1.807, 2.05) is 0 Å². The molecule has 4 rings (SSSR count). The summed E-state index contributed by atoms with van der Waals surface area (Å²) in [4.78, 5) is 49.2. The van der Waals surface area contributed by atoms with Crippen molar-refractivity contribution in [1.29, 1.82) is 0 Å². The summed E-state index contributed by atoms with van der Waals surface area (Å²) in [5.41, 5.74) is -0.269. The molecule has 0 spiro atoms. The number of rotatable bonds is 6. The molecule has 0 fully saturated rings. The summed E-state index contributed by atoms with van der Waals surface area (Å²) in [5.74, 6) is -0.101. The third-order valence-corrected chi connectivity index (χ3v) is 4.62. The van der Waals surface area contributed by atoms with Crippen LogP contribution < -0.4 is 16.0 Å². The molecule has 0 bridgehead atoms. The van der Waals surface area contributed by atoms with Crippen molar-refractivity contribution in [3.63, 3.8) is 0 Å². The number of fused-ring (bicyclic) bond motifs is 1. The van der Waals surface area contributed by atoms with Gasteiger partial charge in [-0.05, 0) is 24.3 Å². The molecule has 158 valence electrons. The zero-order valence-electron chi connectivity index (χ0n) is 16.8. The van der Waals surface area contributed by atoms with E-state index < -0.39 is 17.2 Å². The Morgan fingerprint density at radius 1 is 1.06 bits per heavy atom. The van der Waals surface area contributed by atoms with Crippen LogP contribution in [-0.4, -0.2) is 41.2 Å². The van der Waals surface area contributed by atoms with E-state index in [0.29, 0.717) is 5.75 Å². The number of nitrogens with zero attached hydrogens (tertiary/aromatic N) is 6. The van der Waals surface area contributed by atoms with Crippen molar-refractivity contribution in [1.82, 2.24) is 28.7 Å². The van der Waals surface area contributed by atoms with Gasteiger partial charge in [0.25, 0.3) is 5.56 Å². The number of hydrogen-bond donors (Lipinski definition) is 0. The minimum atomic E-state index is -0.628. The second-order valence-electron chi connectivity index (χ2n) is 6.60. The maximum Gasteiger partial charge on any atom is 0.343 e. The maximum atomic E-state index is 12.6. The van der Waals surface area contributed by atoms with Crippen LogP contribution in [0.4, 0.5) is 0 Å². The minimum Gasteiger partial charge on any atom is -0.460 e. The van der Waals surface area contributed by atoms with Crippen LogP contribution in [0.15, 0.2) is 58.8 Å². The molecule has 11 heteroatoms. The van der Waals surface area contributed by atoms with Gasteiger partial charge in [-0.25, -0.2) is 19.6 Å². The highest BCUT2D eigenvalue weighted by molar-refractivity contribution is 5.91. The normalized spacial score (nSPS) is 10.9. The van der Waals surface area contributed by atoms with E-state index in [9.17, 15) is 14.4 Å². The molecule has 0 aliphatic heterocycles. The molecular formula is C20H18N6O5. The van der Waals surface area contributed by atoms with Crippen molar-refractivity contribution in [2.45, 2.75) is 6.54 Å². The molecule has 11 nitrogen and oxygen atoms in total. The van der Waals surface area contributed by atoms with E-state index in [1.165, 1.54) is 37.4 Å². The maximum absolute atomic E-state index is 12.6. The Bertz CT molecular complexity index is 1370. The Morgan fingerprint density at radius 3 is 2.65 bits per heavy atom. The lowest BCUT2D eigenvalue weighted by atomic mass is 10.3. The van der Waals surface area contributed by atoms with Gasteiger partial charge < -0.3 is 14.0 Å². The lowest BCUT2D eigenvalue weighted by molar-refractivity contribution is 0.0488. The summed E-state index contributed by atoms with van der Waals surface area (Å²) >= 11 is 0. The van der Waals surface area contributed by atoms with Gasteiger partial charge in [-0.3, -0.25) is 18.9 Å². The Labute approximate surface area is 175 Å². The first-order valence-corrected chi connectivity index (χ1v) is 9.28. The molecule has 4 heterocycles. The predicted octanol–water partition coefficient (Wildman–Crippen LogP) is 0.873. The average molecular weight is 422 g/mol. The van der Waals surface area contributed by atoms with Crippen molar-refractivity contribution < 1.29 is 14.3 Å². The fourth-order valence-electron chi connectivity index (χ4n) is 3.03. The van der Waals surface area contributed by atoms with Gasteiger partial charge in [-0.15, -0.1) is 0 Å². The first-order chi connectivity index (χ1) is 15.0. The number of aryl methyl sites for hydroxylation is 1. The fraction of sp³-hybridized carbons (Fsp3) is 0.200. The average Bonchev–Trinajstić information content (AvgIpc) is 3.21. The molecule has 4 aromatic rings. The van der Waals surface area contributed by atoms with Crippen LogP contribution >= 0.6 is 0 Å². The van der Waals surface area contributed by atoms with E-state index in [0.717, 1.165) is 4.57 Å². The van der Waals surface area contributed by atoms with Gasteiger partial charge in [0, 0.05) is 26.5 Å². The van der Waals surface area contributed by atoms with Crippen molar-refractivity contribution in [3.8, 4) is 11.6 Å². The third-order valence-electron chi connectivity index (χ3n) is 4.62. The van der Waals surface area contributed by atoms with Crippen molar-refractivity contribution in [3.05, 3.63) is 75.6 Å². The number of pyridine rings is 2. The lowest BCUT2D eigenvalue weighted by Crippen LogP contribution is -2.37. The van der Waals surface area contributed by atoms with E-state index in [-0.39, 0.29) is 35.8 Å². The number of aromatic nitrogens is 6. The highest BCUT2D eigenvalue weighted by Crippen LogP contribution is 2.22. The first kappa shape index (κ1) is 20.0. The summed E-state index contributed by atoms with van der Waals surface area (Å²) in [6, 6.07) is 6.53. The largest absolute Gasteiger partial charge is 0.460 e. The molecule has 0 aliphatic rings. The van der Waals surface area contributed by atoms with Crippen LogP contribution in [0.2, 0.25) is 0 Å². The molecule has 0 aromatic carbocycles. The van der Waals surface area contributed by atoms with E-state index in [4.69, 9.17) is 9.47 Å². The molecule has 0 N–H and O–H groups in total. The van der Waals surface area contributed by atoms with Gasteiger partial charge in [-0.2, -0.15) is 0 Å². The molecule has 0 atom stereocenters. The number of ether oxygens (including phenoxy) is 2. The molecule has 0 saturated heterocycles. The van der Waals surface area contributed by atoms with Gasteiger partial charge in [0.05, 0.1) is 19.1 Å². The van der Waals surface area contributed by atoms with Gasteiger partial charge in [0.1, 0.15) is 17.9 Å². The van der Waals surface area contributed by atoms with E-state index >= 15 is 0 Å². The summed E-state index contributed by atoms with van der Waals surface area (Å²) in [5, 5.41) is 0. The van der Waals surface area contributed by atoms with Crippen LogP contribution in [-0.2, 0) is 25.4 Å². The monoisotopic (exact) mass is 422 g/mol. The third kappa shape index (κ3) is 3.80. The molecule has 31 heavy (non-hydrogen) atoms. The Hall–Kier alpha value is -4.28. The number of imidazole rings is 1. The standard InChI is InChI=1S/C20H18N6O5/c1-24-16-15(18(27)25(2)20(24)29)26(12-23-16)9-10-30-19(28)14-6-4-8-22-17(14)31-13-5-3-7-21-11-13/h3-8,11-12H,9-10H2,1-2H3. The fourth-order valence-corrected chi connectivity index (χ4v) is 3.03. The van der Waals surface area contributed by atoms with Crippen molar-refractivity contribution in [2.75, 3.05) is 6.61 Å². The molecule has 0 amide bonds. The van der Waals surface area contributed by atoms with Crippen LogP contribution in [0, 0.1) is 0 Å². The van der Waals surface area contributed by atoms with Gasteiger partial charge in [-0.1, -0.05) is 0 Å². The molecule has 0 saturated carbocycles. The smallest absolute Gasteiger partial charge is 0.343 e. The second-order valence-corrected chi connectivity index (χ2v) is 6.60. The quantitative estimate of drug-likeness (QED) is 0.420. The summed E-state index contributed by atoms with van der Waals surface area (Å²) < 4.78 is 14.8. The number of carbonyl (C=O) groups excluding carboxylic acids is 1. The highest BCUT2D eigenvalue weighted by Gasteiger charge is 2.17. The summed E-state index contributed by atoms with van der Waals surface area (Å²) in [6.07, 6.45) is 6.04. The number of carbonyl (C=O) groups is 1. The SMILES string of the molecule is Cn1c(=O)c2c(ncn2CCOC(=O)c2cccnc2Oc2cccnc2)n(C)c1=O. The topological polar surface area (TPSA) is 123 Å². The van der Waals surface area contributed by atoms with Crippen LogP contribution in [0.25, 0.3) is 11.2 Å². The number of esters is 1. The molecular weight excluding hydrogens is 404 g/mol. The summed E-state index contributed by atoms with van der Waals surface area (Å²) in [7, 11) is 2.93.